The first-order chi connectivity index (χ1) is 7.18. The Kier molecular flexibility index (Phi) is 3.09. The molecule has 0 spiro atoms. The zero-order chi connectivity index (χ0) is 10.8. The molecule has 1 aromatic rings. The molecule has 5 heteroatoms. The molecule has 1 heterocycles. The first kappa shape index (κ1) is 10.7. The van der Waals surface area contributed by atoms with E-state index in [2.05, 4.69) is 5.32 Å². The van der Waals surface area contributed by atoms with E-state index in [0.29, 0.717) is 18.7 Å². The molecule has 1 aromatic carbocycles. The van der Waals surface area contributed by atoms with Gasteiger partial charge in [0.2, 0.25) is 0 Å². The van der Waals surface area contributed by atoms with Crippen molar-refractivity contribution in [3.63, 3.8) is 0 Å². The fourth-order valence-corrected chi connectivity index (χ4v) is 1.78. The maximum absolute atomic E-state index is 13.0. The van der Waals surface area contributed by atoms with Gasteiger partial charge >= 0.3 is 0 Å². The Morgan fingerprint density at radius 2 is 2.33 bits per heavy atom. The molecule has 1 fully saturated rings. The van der Waals surface area contributed by atoms with Crippen molar-refractivity contribution in [2.45, 2.75) is 6.10 Å². The highest BCUT2D eigenvalue weighted by molar-refractivity contribution is 6.30. The van der Waals surface area contributed by atoms with Gasteiger partial charge in [0.25, 0.3) is 0 Å². The van der Waals surface area contributed by atoms with Crippen molar-refractivity contribution < 1.29 is 14.2 Å². The molecule has 1 aliphatic heterocycles. The van der Waals surface area contributed by atoms with Crippen LogP contribution < -0.4 is 5.32 Å². The average Bonchev–Trinajstić information content (AvgIpc) is 2.26. The van der Waals surface area contributed by atoms with Gasteiger partial charge in [-0.05, 0) is 17.7 Å². The van der Waals surface area contributed by atoms with E-state index >= 15 is 0 Å². The summed E-state index contributed by atoms with van der Waals surface area (Å²) < 4.78 is 18.5. The molecule has 1 aliphatic rings. The summed E-state index contributed by atoms with van der Waals surface area (Å²) in [5.74, 6) is -1.23. The van der Waals surface area contributed by atoms with Gasteiger partial charge in [-0.3, -0.25) is 0 Å². The quantitative estimate of drug-likeness (QED) is 0.775. The summed E-state index contributed by atoms with van der Waals surface area (Å²) in [7, 11) is 0. The number of phenols is 1. The third-order valence-corrected chi connectivity index (χ3v) is 2.61. The predicted octanol–water partition coefficient (Wildman–Crippen LogP) is 1.85. The Hall–Kier alpha value is -0.840. The van der Waals surface area contributed by atoms with E-state index in [1.54, 1.807) is 0 Å². The summed E-state index contributed by atoms with van der Waals surface area (Å²) >= 11 is 5.63. The van der Waals surface area contributed by atoms with Crippen LogP contribution in [0.1, 0.15) is 11.7 Å². The van der Waals surface area contributed by atoms with Crippen LogP contribution >= 0.6 is 11.6 Å². The summed E-state index contributed by atoms with van der Waals surface area (Å²) in [6.07, 6.45) is -0.178. The number of phenolic OH excluding ortho intramolecular Hbond substituents is 1. The molecular formula is C10H11ClFNO2. The molecule has 1 saturated heterocycles. The van der Waals surface area contributed by atoms with E-state index in [0.717, 1.165) is 6.54 Å². The SMILES string of the molecule is Oc1cc(C2CNCCO2)cc(Cl)c1F. The lowest BCUT2D eigenvalue weighted by atomic mass is 10.1. The smallest absolute Gasteiger partial charge is 0.183 e. The van der Waals surface area contributed by atoms with Crippen molar-refractivity contribution in [1.29, 1.82) is 0 Å². The zero-order valence-electron chi connectivity index (χ0n) is 7.96. The van der Waals surface area contributed by atoms with Crippen LogP contribution in [0.2, 0.25) is 5.02 Å². The van der Waals surface area contributed by atoms with Gasteiger partial charge in [-0.2, -0.15) is 0 Å². The van der Waals surface area contributed by atoms with Crippen LogP contribution in [0.3, 0.4) is 0 Å². The second-order valence-electron chi connectivity index (χ2n) is 3.40. The van der Waals surface area contributed by atoms with E-state index < -0.39 is 11.6 Å². The molecule has 0 aliphatic carbocycles. The Balaban J connectivity index is 2.27. The van der Waals surface area contributed by atoms with Crippen molar-refractivity contribution >= 4 is 11.6 Å². The van der Waals surface area contributed by atoms with Crippen molar-refractivity contribution in [2.24, 2.45) is 0 Å². The number of hydrogen-bond donors (Lipinski definition) is 2. The predicted molar refractivity (Wildman–Crippen MR) is 54.6 cm³/mol. The Morgan fingerprint density at radius 3 is 2.93 bits per heavy atom. The van der Waals surface area contributed by atoms with Gasteiger partial charge in [0.1, 0.15) is 0 Å². The number of hydrogen-bond acceptors (Lipinski definition) is 3. The molecule has 2 N–H and O–H groups in total. The summed E-state index contributed by atoms with van der Waals surface area (Å²) in [5.41, 5.74) is 0.686. The van der Waals surface area contributed by atoms with Gasteiger partial charge in [0, 0.05) is 13.1 Å². The monoisotopic (exact) mass is 231 g/mol. The third-order valence-electron chi connectivity index (χ3n) is 2.33. The number of aromatic hydroxyl groups is 1. The second kappa shape index (κ2) is 4.35. The number of morpholine rings is 1. The fourth-order valence-electron chi connectivity index (χ4n) is 1.56. The first-order valence-corrected chi connectivity index (χ1v) is 5.06. The molecule has 1 atom stereocenters. The zero-order valence-corrected chi connectivity index (χ0v) is 8.72. The van der Waals surface area contributed by atoms with Crippen molar-refractivity contribution in [1.82, 2.24) is 5.32 Å². The highest BCUT2D eigenvalue weighted by Gasteiger charge is 2.18. The molecule has 0 aromatic heterocycles. The number of ether oxygens (including phenoxy) is 1. The van der Waals surface area contributed by atoms with Crippen molar-refractivity contribution in [3.05, 3.63) is 28.5 Å². The minimum atomic E-state index is -0.788. The van der Waals surface area contributed by atoms with Gasteiger partial charge in [-0.15, -0.1) is 0 Å². The van der Waals surface area contributed by atoms with Crippen LogP contribution in [0.5, 0.6) is 5.75 Å². The number of rotatable bonds is 1. The fraction of sp³-hybridized carbons (Fsp3) is 0.400. The molecule has 0 amide bonds. The van der Waals surface area contributed by atoms with Crippen LogP contribution in [-0.4, -0.2) is 24.8 Å². The van der Waals surface area contributed by atoms with Gasteiger partial charge in [-0.1, -0.05) is 11.6 Å². The number of halogens is 2. The van der Waals surface area contributed by atoms with Crippen molar-refractivity contribution in [2.75, 3.05) is 19.7 Å². The van der Waals surface area contributed by atoms with Crippen LogP contribution in [0.25, 0.3) is 0 Å². The lowest BCUT2D eigenvalue weighted by Crippen LogP contribution is -2.33. The summed E-state index contributed by atoms with van der Waals surface area (Å²) in [4.78, 5) is 0. The molecular weight excluding hydrogens is 221 g/mol. The minimum Gasteiger partial charge on any atom is -0.505 e. The van der Waals surface area contributed by atoms with E-state index in [4.69, 9.17) is 16.3 Å². The third kappa shape index (κ3) is 2.22. The molecule has 2 rings (SSSR count). The van der Waals surface area contributed by atoms with Gasteiger partial charge in [-0.25, -0.2) is 4.39 Å². The highest BCUT2D eigenvalue weighted by Crippen LogP contribution is 2.30. The van der Waals surface area contributed by atoms with Gasteiger partial charge in [0.05, 0.1) is 17.7 Å². The number of benzene rings is 1. The van der Waals surface area contributed by atoms with Crippen molar-refractivity contribution in [3.8, 4) is 5.75 Å². The van der Waals surface area contributed by atoms with Gasteiger partial charge < -0.3 is 15.2 Å². The Morgan fingerprint density at radius 1 is 1.53 bits per heavy atom. The topological polar surface area (TPSA) is 41.5 Å². The second-order valence-corrected chi connectivity index (χ2v) is 3.81. The molecule has 0 radical (unpaired) electrons. The van der Waals surface area contributed by atoms with Crippen LogP contribution in [-0.2, 0) is 4.74 Å². The summed E-state index contributed by atoms with van der Waals surface area (Å²) in [6.45, 7) is 2.04. The van der Waals surface area contributed by atoms with Gasteiger partial charge in [0.15, 0.2) is 11.6 Å². The van der Waals surface area contributed by atoms with E-state index in [1.807, 2.05) is 0 Å². The minimum absolute atomic E-state index is 0.0841. The maximum Gasteiger partial charge on any atom is 0.183 e. The highest BCUT2D eigenvalue weighted by atomic mass is 35.5. The van der Waals surface area contributed by atoms with Crippen LogP contribution in [0.15, 0.2) is 12.1 Å². The molecule has 0 bridgehead atoms. The molecule has 3 nitrogen and oxygen atoms in total. The van der Waals surface area contributed by atoms with E-state index in [-0.39, 0.29) is 11.1 Å². The number of nitrogens with one attached hydrogen (secondary N) is 1. The molecule has 82 valence electrons. The molecule has 0 saturated carbocycles. The van der Waals surface area contributed by atoms with E-state index in [1.165, 1.54) is 12.1 Å². The lowest BCUT2D eigenvalue weighted by Gasteiger charge is -2.24. The maximum atomic E-state index is 13.0. The molecule has 15 heavy (non-hydrogen) atoms. The molecule has 1 unspecified atom stereocenters. The summed E-state index contributed by atoms with van der Waals surface area (Å²) in [5, 5.41) is 12.3. The van der Waals surface area contributed by atoms with Crippen LogP contribution in [0.4, 0.5) is 4.39 Å². The largest absolute Gasteiger partial charge is 0.505 e. The first-order valence-electron chi connectivity index (χ1n) is 4.68. The normalized spacial score (nSPS) is 21.6. The standard InChI is InChI=1S/C10H11ClFNO2/c11-7-3-6(4-8(14)10(7)12)9-5-13-1-2-15-9/h3-4,9,13-14H,1-2,5H2. The Labute approximate surface area is 91.8 Å². The van der Waals surface area contributed by atoms with Crippen LogP contribution in [0, 0.1) is 5.82 Å². The Bertz CT molecular complexity index is 343. The lowest BCUT2D eigenvalue weighted by molar-refractivity contribution is 0.0275. The summed E-state index contributed by atoms with van der Waals surface area (Å²) in [6, 6.07) is 2.83. The van der Waals surface area contributed by atoms with E-state index in [9.17, 15) is 9.50 Å². The average molecular weight is 232 g/mol.